The number of piperazine rings is 1. The summed E-state index contributed by atoms with van der Waals surface area (Å²) < 4.78 is 28.0. The third kappa shape index (κ3) is 6.27. The second-order valence-electron chi connectivity index (χ2n) is 8.00. The van der Waals surface area contributed by atoms with Gasteiger partial charge in [-0.3, -0.25) is 4.99 Å². The van der Waals surface area contributed by atoms with E-state index in [1.165, 1.54) is 18.2 Å². The van der Waals surface area contributed by atoms with Crippen LogP contribution in [-0.2, 0) is 0 Å². The second kappa shape index (κ2) is 10.7. The van der Waals surface area contributed by atoms with Crippen LogP contribution in [-0.4, -0.2) is 88.3 Å². The van der Waals surface area contributed by atoms with Gasteiger partial charge < -0.3 is 25.3 Å². The van der Waals surface area contributed by atoms with E-state index in [0.29, 0.717) is 13.1 Å². The van der Waals surface area contributed by atoms with Gasteiger partial charge in [0.15, 0.2) is 5.96 Å². The quantitative estimate of drug-likeness (QED) is 0.409. The van der Waals surface area contributed by atoms with E-state index >= 15 is 0 Å². The molecule has 0 aromatic heterocycles. The molecule has 0 saturated carbocycles. The van der Waals surface area contributed by atoms with Crippen molar-refractivity contribution in [3.05, 3.63) is 29.8 Å². The van der Waals surface area contributed by atoms with Crippen LogP contribution in [0.3, 0.4) is 0 Å². The van der Waals surface area contributed by atoms with Crippen LogP contribution in [0.4, 0.5) is 14.5 Å². The maximum absolute atomic E-state index is 14.0. The molecule has 0 spiro atoms. The average Bonchev–Trinajstić information content (AvgIpc) is 3.16. The molecule has 2 fully saturated rings. The van der Waals surface area contributed by atoms with E-state index in [9.17, 15) is 8.78 Å². The van der Waals surface area contributed by atoms with Crippen LogP contribution in [0, 0.1) is 11.6 Å². The normalized spacial score (nSPS) is 21.6. The van der Waals surface area contributed by atoms with Crippen molar-refractivity contribution < 1.29 is 8.78 Å². The number of unbranched alkanes of at least 4 members (excludes halogenated alkanes) is 1. The number of nitrogens with one attached hydrogen (secondary N) is 2. The second-order valence-corrected chi connectivity index (χ2v) is 8.00. The van der Waals surface area contributed by atoms with E-state index in [4.69, 9.17) is 0 Å². The molecular formula is C21H34F2N6. The minimum absolute atomic E-state index is 0.0728. The van der Waals surface area contributed by atoms with Gasteiger partial charge in [0.1, 0.15) is 17.3 Å². The number of nitrogens with zero attached hydrogens (tertiary/aromatic N) is 4. The number of guanidine groups is 1. The minimum Gasteiger partial charge on any atom is -0.365 e. The SMILES string of the molecule is CN=C(NCCCCN1CCN(C)CC1)NC1CCN(c2c(F)cccc2F)C1. The molecule has 29 heavy (non-hydrogen) atoms. The third-order valence-electron chi connectivity index (χ3n) is 5.80. The number of hydrogen-bond donors (Lipinski definition) is 2. The largest absolute Gasteiger partial charge is 0.365 e. The van der Waals surface area contributed by atoms with Crippen molar-refractivity contribution in [3.8, 4) is 0 Å². The Balaban J connectivity index is 1.35. The Bertz CT molecular complexity index is 655. The van der Waals surface area contributed by atoms with E-state index in [0.717, 1.165) is 64.5 Å². The van der Waals surface area contributed by atoms with Crippen LogP contribution < -0.4 is 15.5 Å². The first-order valence-electron chi connectivity index (χ1n) is 10.6. The fraction of sp³-hybridized carbons (Fsp3) is 0.667. The summed E-state index contributed by atoms with van der Waals surface area (Å²) in [5.74, 6) is -0.257. The Morgan fingerprint density at radius 1 is 1.10 bits per heavy atom. The molecule has 0 amide bonds. The monoisotopic (exact) mass is 408 g/mol. The molecule has 1 aromatic carbocycles. The van der Waals surface area contributed by atoms with Crippen LogP contribution >= 0.6 is 0 Å². The summed E-state index contributed by atoms with van der Waals surface area (Å²) >= 11 is 0. The molecule has 0 radical (unpaired) electrons. The zero-order valence-corrected chi connectivity index (χ0v) is 17.6. The summed E-state index contributed by atoms with van der Waals surface area (Å²) in [6, 6.07) is 4.13. The topological polar surface area (TPSA) is 46.1 Å². The summed E-state index contributed by atoms with van der Waals surface area (Å²) in [5.41, 5.74) is 0.0728. The fourth-order valence-electron chi connectivity index (χ4n) is 4.00. The van der Waals surface area contributed by atoms with Gasteiger partial charge in [-0.1, -0.05) is 6.07 Å². The summed E-state index contributed by atoms with van der Waals surface area (Å²) in [6.45, 7) is 7.83. The van der Waals surface area contributed by atoms with Crippen LogP contribution in [0.5, 0.6) is 0 Å². The molecule has 0 bridgehead atoms. The van der Waals surface area contributed by atoms with Gasteiger partial charge in [0.2, 0.25) is 0 Å². The van der Waals surface area contributed by atoms with Crippen molar-refractivity contribution in [1.29, 1.82) is 0 Å². The molecule has 6 nitrogen and oxygen atoms in total. The highest BCUT2D eigenvalue weighted by molar-refractivity contribution is 5.80. The summed E-state index contributed by atoms with van der Waals surface area (Å²) in [5, 5.41) is 6.75. The van der Waals surface area contributed by atoms with Gasteiger partial charge in [0, 0.05) is 58.9 Å². The van der Waals surface area contributed by atoms with Crippen molar-refractivity contribution in [3.63, 3.8) is 0 Å². The first-order chi connectivity index (χ1) is 14.1. The zero-order chi connectivity index (χ0) is 20.6. The first-order valence-corrected chi connectivity index (χ1v) is 10.6. The Kier molecular flexibility index (Phi) is 8.06. The average molecular weight is 409 g/mol. The molecule has 1 aromatic rings. The lowest BCUT2D eigenvalue weighted by Gasteiger charge is -2.32. The van der Waals surface area contributed by atoms with Gasteiger partial charge in [-0.15, -0.1) is 0 Å². The molecule has 3 rings (SSSR count). The van der Waals surface area contributed by atoms with Crippen molar-refractivity contribution >= 4 is 11.6 Å². The number of likely N-dealkylation sites (N-methyl/N-ethyl adjacent to an activating group) is 1. The minimum atomic E-state index is -0.506. The predicted molar refractivity (Wildman–Crippen MR) is 115 cm³/mol. The molecule has 2 heterocycles. The number of aliphatic imine (C=N–C) groups is 1. The maximum Gasteiger partial charge on any atom is 0.191 e. The van der Waals surface area contributed by atoms with Gasteiger partial charge >= 0.3 is 0 Å². The highest BCUT2D eigenvalue weighted by atomic mass is 19.1. The van der Waals surface area contributed by atoms with Gasteiger partial charge in [0.05, 0.1) is 0 Å². The van der Waals surface area contributed by atoms with Crippen LogP contribution in [0.2, 0.25) is 0 Å². The highest BCUT2D eigenvalue weighted by Crippen LogP contribution is 2.26. The number of para-hydroxylation sites is 1. The molecule has 0 aliphatic carbocycles. The Labute approximate surface area is 172 Å². The van der Waals surface area contributed by atoms with E-state index in [2.05, 4.69) is 32.5 Å². The summed E-state index contributed by atoms with van der Waals surface area (Å²) in [4.78, 5) is 11.0. The zero-order valence-electron chi connectivity index (χ0n) is 17.6. The number of halogens is 2. The lowest BCUT2D eigenvalue weighted by molar-refractivity contribution is 0.152. The fourth-order valence-corrected chi connectivity index (χ4v) is 4.00. The predicted octanol–water partition coefficient (Wildman–Crippen LogP) is 1.74. The van der Waals surface area contributed by atoms with Crippen LogP contribution in [0.15, 0.2) is 23.2 Å². The lowest BCUT2D eigenvalue weighted by Crippen LogP contribution is -2.45. The van der Waals surface area contributed by atoms with Gasteiger partial charge in [-0.25, -0.2) is 8.78 Å². The highest BCUT2D eigenvalue weighted by Gasteiger charge is 2.27. The molecule has 2 aliphatic rings. The molecule has 1 atom stereocenters. The summed E-state index contributed by atoms with van der Waals surface area (Å²) in [6.07, 6.45) is 3.07. The molecule has 8 heteroatoms. The Hall–Kier alpha value is -1.93. The van der Waals surface area contributed by atoms with Crippen molar-refractivity contribution in [1.82, 2.24) is 20.4 Å². The van der Waals surface area contributed by atoms with Gasteiger partial charge in [-0.2, -0.15) is 0 Å². The third-order valence-corrected chi connectivity index (χ3v) is 5.80. The van der Waals surface area contributed by atoms with Crippen LogP contribution in [0.1, 0.15) is 19.3 Å². The van der Waals surface area contributed by atoms with E-state index in [1.807, 2.05) is 0 Å². The molecule has 2 N–H and O–H groups in total. The van der Waals surface area contributed by atoms with Gasteiger partial charge in [0.25, 0.3) is 0 Å². The Morgan fingerprint density at radius 2 is 1.83 bits per heavy atom. The van der Waals surface area contributed by atoms with Crippen LogP contribution in [0.25, 0.3) is 0 Å². The van der Waals surface area contributed by atoms with Crippen molar-refractivity contribution in [2.75, 3.05) is 71.4 Å². The Morgan fingerprint density at radius 3 is 2.52 bits per heavy atom. The van der Waals surface area contributed by atoms with Gasteiger partial charge in [-0.05, 0) is 45.0 Å². The summed E-state index contributed by atoms with van der Waals surface area (Å²) in [7, 11) is 3.93. The molecule has 162 valence electrons. The standard InChI is InChI=1S/C21H34F2N6/c1-24-21(25-9-3-4-10-28-14-12-27(2)13-15-28)26-17-8-11-29(16-17)20-18(22)6-5-7-19(20)23/h5-7,17H,3-4,8-16H2,1-2H3,(H2,24,25,26). The molecule has 1 unspecified atom stereocenters. The number of rotatable bonds is 7. The number of benzene rings is 1. The number of anilines is 1. The molecular weight excluding hydrogens is 374 g/mol. The van der Waals surface area contributed by atoms with Crippen molar-refractivity contribution in [2.24, 2.45) is 4.99 Å². The number of hydrogen-bond acceptors (Lipinski definition) is 4. The first kappa shape index (κ1) is 21.8. The maximum atomic E-state index is 14.0. The smallest absolute Gasteiger partial charge is 0.191 e. The van der Waals surface area contributed by atoms with E-state index in [-0.39, 0.29) is 11.7 Å². The molecule has 2 aliphatic heterocycles. The van der Waals surface area contributed by atoms with E-state index < -0.39 is 11.6 Å². The molecule has 2 saturated heterocycles. The van der Waals surface area contributed by atoms with E-state index in [1.54, 1.807) is 11.9 Å². The lowest BCUT2D eigenvalue weighted by atomic mass is 10.2. The van der Waals surface area contributed by atoms with Crippen molar-refractivity contribution in [2.45, 2.75) is 25.3 Å².